The summed E-state index contributed by atoms with van der Waals surface area (Å²) in [6.07, 6.45) is 6.97. The van der Waals surface area contributed by atoms with Crippen molar-refractivity contribution in [3.05, 3.63) is 42.1 Å². The summed E-state index contributed by atoms with van der Waals surface area (Å²) in [5, 5.41) is 0. The van der Waals surface area contributed by atoms with Gasteiger partial charge in [0.2, 0.25) is 5.91 Å². The van der Waals surface area contributed by atoms with E-state index in [0.29, 0.717) is 19.6 Å². The summed E-state index contributed by atoms with van der Waals surface area (Å²) in [5.74, 6) is 0.0546. The van der Waals surface area contributed by atoms with Gasteiger partial charge in [0.1, 0.15) is 0 Å². The number of likely N-dealkylation sites (tertiary alicyclic amines) is 1. The Kier molecular flexibility index (Phi) is 4.51. The van der Waals surface area contributed by atoms with E-state index in [-0.39, 0.29) is 17.8 Å². The van der Waals surface area contributed by atoms with Gasteiger partial charge in [-0.15, -0.1) is 0 Å². The molecule has 0 aromatic heterocycles. The van der Waals surface area contributed by atoms with Crippen molar-refractivity contribution in [1.82, 2.24) is 4.90 Å². The van der Waals surface area contributed by atoms with Gasteiger partial charge >= 0.3 is 5.97 Å². The lowest BCUT2D eigenvalue weighted by molar-refractivity contribution is -0.166. The van der Waals surface area contributed by atoms with Crippen LogP contribution >= 0.6 is 0 Å². The van der Waals surface area contributed by atoms with E-state index in [1.54, 1.807) is 4.90 Å². The van der Waals surface area contributed by atoms with Gasteiger partial charge < -0.3 is 9.64 Å². The van der Waals surface area contributed by atoms with Gasteiger partial charge in [0.25, 0.3) is 0 Å². The molecule has 0 radical (unpaired) electrons. The van der Waals surface area contributed by atoms with Crippen molar-refractivity contribution in [3.8, 4) is 0 Å². The first-order valence-corrected chi connectivity index (χ1v) is 8.35. The number of hydrogen-bond donors (Lipinski definition) is 0. The van der Waals surface area contributed by atoms with Crippen molar-refractivity contribution in [2.75, 3.05) is 13.2 Å². The van der Waals surface area contributed by atoms with Gasteiger partial charge in [-0.1, -0.05) is 36.8 Å². The molecule has 2 aliphatic rings. The van der Waals surface area contributed by atoms with E-state index in [1.165, 1.54) is 0 Å². The molecule has 0 N–H and O–H groups in total. The van der Waals surface area contributed by atoms with Crippen LogP contribution in [0, 0.1) is 11.3 Å². The predicted octanol–water partition coefficient (Wildman–Crippen LogP) is 3.24. The van der Waals surface area contributed by atoms with Gasteiger partial charge in [0.15, 0.2) is 0 Å². The molecule has 122 valence electrons. The number of amides is 1. The van der Waals surface area contributed by atoms with Crippen molar-refractivity contribution in [2.45, 2.75) is 32.6 Å². The molecule has 1 atom stereocenters. The average Bonchev–Trinajstić information content (AvgIpc) is 2.86. The Bertz CT molecular complexity index is 604. The van der Waals surface area contributed by atoms with Crippen LogP contribution < -0.4 is 0 Å². The van der Waals surface area contributed by atoms with Gasteiger partial charge in [-0.2, -0.15) is 0 Å². The highest BCUT2D eigenvalue weighted by Crippen LogP contribution is 2.51. The molecular formula is C19H23NO3. The Hall–Kier alpha value is -2.10. The molecule has 1 saturated heterocycles. The maximum absolute atomic E-state index is 12.4. The van der Waals surface area contributed by atoms with E-state index in [9.17, 15) is 9.59 Å². The van der Waals surface area contributed by atoms with Gasteiger partial charge in [-0.25, -0.2) is 0 Å². The minimum absolute atomic E-state index is 0.0724. The highest BCUT2D eigenvalue weighted by molar-refractivity contribution is 5.84. The lowest BCUT2D eigenvalue weighted by atomic mass is 9.60. The third-order valence-corrected chi connectivity index (χ3v) is 5.11. The summed E-state index contributed by atoms with van der Waals surface area (Å²) in [6, 6.07) is 9.91. The first kappa shape index (κ1) is 15.8. The molecule has 0 spiro atoms. The summed E-state index contributed by atoms with van der Waals surface area (Å²) in [7, 11) is 0. The highest BCUT2D eigenvalue weighted by atomic mass is 16.5. The second-order valence-corrected chi connectivity index (χ2v) is 6.40. The molecule has 1 aliphatic heterocycles. The zero-order valence-electron chi connectivity index (χ0n) is 13.5. The Morgan fingerprint density at radius 2 is 2.09 bits per heavy atom. The first-order chi connectivity index (χ1) is 11.2. The smallest absolute Gasteiger partial charge is 0.312 e. The second kappa shape index (κ2) is 6.57. The summed E-state index contributed by atoms with van der Waals surface area (Å²) in [6.45, 7) is 2.85. The first-order valence-electron chi connectivity index (χ1n) is 8.35. The SMILES string of the molecule is CCOC(=O)C1([C@@H]2CC(=O)N(C=Cc3ccccc3)C2)CCC1. The molecule has 1 aliphatic carbocycles. The van der Waals surface area contributed by atoms with Crippen LogP contribution in [-0.4, -0.2) is 29.9 Å². The lowest BCUT2D eigenvalue weighted by Crippen LogP contribution is -2.46. The zero-order chi connectivity index (χ0) is 16.3. The maximum Gasteiger partial charge on any atom is 0.312 e. The zero-order valence-corrected chi connectivity index (χ0v) is 13.5. The van der Waals surface area contributed by atoms with Gasteiger partial charge in [0.05, 0.1) is 12.0 Å². The van der Waals surface area contributed by atoms with Crippen LogP contribution in [0.1, 0.15) is 38.2 Å². The molecule has 4 nitrogen and oxygen atoms in total. The van der Waals surface area contributed by atoms with E-state index >= 15 is 0 Å². The van der Waals surface area contributed by atoms with Crippen LogP contribution in [0.3, 0.4) is 0 Å². The van der Waals surface area contributed by atoms with Crippen molar-refractivity contribution < 1.29 is 14.3 Å². The van der Waals surface area contributed by atoms with Crippen LogP contribution in [0.25, 0.3) is 6.08 Å². The molecule has 1 aromatic carbocycles. The Balaban J connectivity index is 1.69. The summed E-state index contributed by atoms with van der Waals surface area (Å²) in [5.41, 5.74) is 0.633. The van der Waals surface area contributed by atoms with E-state index in [4.69, 9.17) is 4.74 Å². The largest absolute Gasteiger partial charge is 0.466 e. The third-order valence-electron chi connectivity index (χ3n) is 5.11. The van der Waals surface area contributed by atoms with Crippen molar-refractivity contribution >= 4 is 18.0 Å². The third kappa shape index (κ3) is 3.03. The normalized spacial score (nSPS) is 23.1. The molecule has 2 fully saturated rings. The Morgan fingerprint density at radius 3 is 2.70 bits per heavy atom. The molecule has 4 heteroatoms. The van der Waals surface area contributed by atoms with Crippen molar-refractivity contribution in [1.29, 1.82) is 0 Å². The number of rotatable bonds is 5. The summed E-state index contributed by atoms with van der Waals surface area (Å²) >= 11 is 0. The fourth-order valence-corrected chi connectivity index (χ4v) is 3.60. The quantitative estimate of drug-likeness (QED) is 0.784. The summed E-state index contributed by atoms with van der Waals surface area (Å²) < 4.78 is 5.27. The van der Waals surface area contributed by atoms with Crippen LogP contribution in [0.15, 0.2) is 36.5 Å². The van der Waals surface area contributed by atoms with Gasteiger partial charge in [-0.05, 0) is 31.4 Å². The van der Waals surface area contributed by atoms with Crippen LogP contribution in [0.5, 0.6) is 0 Å². The number of esters is 1. The second-order valence-electron chi connectivity index (χ2n) is 6.40. The molecule has 3 rings (SSSR count). The van der Waals surface area contributed by atoms with Crippen molar-refractivity contribution in [3.63, 3.8) is 0 Å². The monoisotopic (exact) mass is 313 g/mol. The molecule has 1 saturated carbocycles. The predicted molar refractivity (Wildman–Crippen MR) is 88.2 cm³/mol. The van der Waals surface area contributed by atoms with Crippen LogP contribution in [0.2, 0.25) is 0 Å². The molecule has 1 aromatic rings. The average molecular weight is 313 g/mol. The Morgan fingerprint density at radius 1 is 1.35 bits per heavy atom. The maximum atomic E-state index is 12.4. The number of carbonyl (C=O) groups excluding carboxylic acids is 2. The molecule has 1 amide bonds. The lowest BCUT2D eigenvalue weighted by Gasteiger charge is -2.43. The minimum atomic E-state index is -0.430. The van der Waals surface area contributed by atoms with Gasteiger partial charge in [-0.3, -0.25) is 9.59 Å². The fraction of sp³-hybridized carbons (Fsp3) is 0.474. The van der Waals surface area contributed by atoms with E-state index in [1.807, 2.05) is 49.5 Å². The molecule has 23 heavy (non-hydrogen) atoms. The topological polar surface area (TPSA) is 46.6 Å². The molecule has 0 bridgehead atoms. The van der Waals surface area contributed by atoms with Crippen LogP contribution in [-0.2, 0) is 14.3 Å². The van der Waals surface area contributed by atoms with E-state index < -0.39 is 5.41 Å². The minimum Gasteiger partial charge on any atom is -0.466 e. The molecule has 1 heterocycles. The Labute approximate surface area is 137 Å². The van der Waals surface area contributed by atoms with Crippen molar-refractivity contribution in [2.24, 2.45) is 11.3 Å². The number of benzene rings is 1. The van der Waals surface area contributed by atoms with E-state index in [2.05, 4.69) is 0 Å². The number of carbonyl (C=O) groups is 2. The molecule has 0 unspecified atom stereocenters. The van der Waals surface area contributed by atoms with Gasteiger partial charge in [0, 0.05) is 25.1 Å². The fourth-order valence-electron chi connectivity index (χ4n) is 3.60. The number of ether oxygens (including phenoxy) is 1. The highest BCUT2D eigenvalue weighted by Gasteiger charge is 2.54. The summed E-state index contributed by atoms with van der Waals surface area (Å²) in [4.78, 5) is 26.4. The standard InChI is InChI=1S/C19H23NO3/c1-2-23-18(22)19(10-6-11-19)16-13-17(21)20(14-16)12-9-15-7-4-3-5-8-15/h3-5,7-9,12,16H,2,6,10-11,13-14H2,1H3/t16-/m1/s1. The van der Waals surface area contributed by atoms with E-state index in [0.717, 1.165) is 24.8 Å². The molecular weight excluding hydrogens is 290 g/mol. The van der Waals surface area contributed by atoms with Crippen LogP contribution in [0.4, 0.5) is 0 Å². The number of nitrogens with zero attached hydrogens (tertiary/aromatic N) is 1. The number of hydrogen-bond acceptors (Lipinski definition) is 3.